The second-order valence-corrected chi connectivity index (χ2v) is 12.0. The Hall–Kier alpha value is -3.73. The van der Waals surface area contributed by atoms with E-state index in [1.165, 1.54) is 24.2 Å². The highest BCUT2D eigenvalue weighted by Crippen LogP contribution is 2.46. The number of rotatable bonds is 7. The van der Waals surface area contributed by atoms with Crippen LogP contribution in [0.25, 0.3) is 0 Å². The molecule has 11 heteroatoms. The molecule has 11 nitrogen and oxygen atoms in total. The van der Waals surface area contributed by atoms with Crippen LogP contribution < -0.4 is 15.5 Å². The predicted molar refractivity (Wildman–Crippen MR) is 145 cm³/mol. The lowest BCUT2D eigenvalue weighted by molar-refractivity contribution is -0.136. The van der Waals surface area contributed by atoms with Gasteiger partial charge in [0.25, 0.3) is 11.8 Å². The lowest BCUT2D eigenvalue weighted by Crippen LogP contribution is -2.54. The van der Waals surface area contributed by atoms with Crippen LogP contribution in [0.2, 0.25) is 0 Å². The van der Waals surface area contributed by atoms with Gasteiger partial charge in [0, 0.05) is 43.9 Å². The first kappa shape index (κ1) is 25.3. The second-order valence-electron chi connectivity index (χ2n) is 12.0. The maximum Gasteiger partial charge on any atom is 0.262 e. The molecule has 7 rings (SSSR count). The van der Waals surface area contributed by atoms with Crippen LogP contribution >= 0.6 is 0 Å². The van der Waals surface area contributed by atoms with Gasteiger partial charge in [-0.2, -0.15) is 5.10 Å². The molecule has 1 atom stereocenters. The second kappa shape index (κ2) is 9.72. The number of nitrogens with one attached hydrogen (secondary N) is 2. The van der Waals surface area contributed by atoms with Crippen LogP contribution in [-0.2, 0) is 9.59 Å². The summed E-state index contributed by atoms with van der Waals surface area (Å²) in [4.78, 5) is 53.2. The highest BCUT2D eigenvalue weighted by atomic mass is 16.3. The van der Waals surface area contributed by atoms with Crippen LogP contribution in [0.15, 0.2) is 24.4 Å². The van der Waals surface area contributed by atoms with Crippen LogP contribution in [-0.4, -0.2) is 75.2 Å². The molecule has 4 amide bonds. The van der Waals surface area contributed by atoms with E-state index in [0.717, 1.165) is 55.9 Å². The molecule has 5 aliphatic rings. The number of amides is 4. The number of anilines is 2. The molecule has 4 fully saturated rings. The molecule has 0 bridgehead atoms. The summed E-state index contributed by atoms with van der Waals surface area (Å²) in [6, 6.07) is 4.53. The van der Waals surface area contributed by atoms with Crippen LogP contribution in [0.3, 0.4) is 0 Å². The van der Waals surface area contributed by atoms with Gasteiger partial charge < -0.3 is 15.3 Å². The minimum absolute atomic E-state index is 0.100. The van der Waals surface area contributed by atoms with Crippen LogP contribution in [0.4, 0.5) is 11.4 Å². The maximum absolute atomic E-state index is 13.1. The van der Waals surface area contributed by atoms with Crippen LogP contribution in [0.5, 0.6) is 0 Å². The van der Waals surface area contributed by atoms with Gasteiger partial charge in [-0.1, -0.05) is 0 Å². The van der Waals surface area contributed by atoms with Crippen molar-refractivity contribution in [1.29, 1.82) is 0 Å². The van der Waals surface area contributed by atoms with E-state index in [1.54, 1.807) is 18.2 Å². The van der Waals surface area contributed by atoms with E-state index in [2.05, 4.69) is 26.4 Å². The zero-order chi connectivity index (χ0) is 27.5. The minimum Gasteiger partial charge on any atom is -0.393 e. The Bertz CT molecular complexity index is 1390. The van der Waals surface area contributed by atoms with E-state index in [9.17, 15) is 24.3 Å². The number of imide groups is 2. The molecule has 0 spiro atoms. The number of piperidine rings is 2. The highest BCUT2D eigenvalue weighted by molar-refractivity contribution is 6.23. The van der Waals surface area contributed by atoms with Crippen molar-refractivity contribution in [2.24, 2.45) is 5.92 Å². The molecule has 1 unspecified atom stereocenters. The fourth-order valence-corrected chi connectivity index (χ4v) is 6.51. The molecule has 0 radical (unpaired) electrons. The average Bonchev–Trinajstić information content (AvgIpc) is 3.63. The fraction of sp³-hybridized carbons (Fsp3) is 0.552. The third-order valence-corrected chi connectivity index (χ3v) is 9.13. The molecule has 2 saturated heterocycles. The molecular formula is C29H34N6O5. The topological polar surface area (TPSA) is 137 Å². The van der Waals surface area contributed by atoms with Crippen molar-refractivity contribution in [3.05, 3.63) is 41.2 Å². The van der Waals surface area contributed by atoms with Crippen molar-refractivity contribution in [3.63, 3.8) is 0 Å². The summed E-state index contributed by atoms with van der Waals surface area (Å²) in [5.74, 6) is -0.939. The van der Waals surface area contributed by atoms with Gasteiger partial charge in [-0.25, -0.2) is 0 Å². The molecule has 40 heavy (non-hydrogen) atoms. The van der Waals surface area contributed by atoms with E-state index in [4.69, 9.17) is 5.10 Å². The third-order valence-electron chi connectivity index (χ3n) is 9.13. The molecule has 3 aliphatic heterocycles. The average molecular weight is 547 g/mol. The molecule has 2 aliphatic carbocycles. The Morgan fingerprint density at radius 3 is 2.45 bits per heavy atom. The summed E-state index contributed by atoms with van der Waals surface area (Å²) in [7, 11) is 0. The number of hydrogen-bond donors (Lipinski definition) is 3. The Kier molecular flexibility index (Phi) is 6.14. The molecule has 3 N–H and O–H groups in total. The molecular weight excluding hydrogens is 512 g/mol. The first-order valence-electron chi connectivity index (χ1n) is 14.5. The Labute approximate surface area is 231 Å². The summed E-state index contributed by atoms with van der Waals surface area (Å²) in [6.45, 7) is 2.51. The number of aromatic nitrogens is 2. The number of nitrogens with zero attached hydrogens (tertiary/aromatic N) is 4. The molecule has 210 valence electrons. The summed E-state index contributed by atoms with van der Waals surface area (Å²) in [6.07, 6.45) is 8.34. The van der Waals surface area contributed by atoms with Gasteiger partial charge in [0.05, 0.1) is 34.7 Å². The van der Waals surface area contributed by atoms with Crippen molar-refractivity contribution in [2.45, 2.75) is 75.5 Å². The van der Waals surface area contributed by atoms with Crippen molar-refractivity contribution >= 4 is 35.0 Å². The van der Waals surface area contributed by atoms with Gasteiger partial charge in [-0.15, -0.1) is 0 Å². The smallest absolute Gasteiger partial charge is 0.262 e. The third kappa shape index (κ3) is 4.46. The Balaban J connectivity index is 0.965. The number of aliphatic hydroxyl groups is 1. The van der Waals surface area contributed by atoms with Crippen molar-refractivity contribution in [2.75, 3.05) is 29.9 Å². The maximum atomic E-state index is 13.1. The Morgan fingerprint density at radius 1 is 0.975 bits per heavy atom. The quantitative estimate of drug-likeness (QED) is 0.450. The number of carbonyl (C=O) groups excluding carboxylic acids is 4. The zero-order valence-electron chi connectivity index (χ0n) is 22.3. The first-order valence-corrected chi connectivity index (χ1v) is 14.5. The normalized spacial score (nSPS) is 27.1. The van der Waals surface area contributed by atoms with Crippen LogP contribution in [0.1, 0.15) is 89.7 Å². The standard InChI is InChI=1S/C29H34N6O5/c36-20-7-9-33(10-8-20)24-15-34(32-26(24)17-1-2-17)19-11-16(12-19)14-30-18-3-4-21-22(13-18)29(40)35(28(21)39)23-5-6-25(37)31-27(23)38/h3-4,13,15-17,19-20,23,30,36H,1-2,5-12,14H2,(H,31,37,38). The summed E-state index contributed by atoms with van der Waals surface area (Å²) in [5.41, 5.74) is 3.81. The van der Waals surface area contributed by atoms with Gasteiger partial charge in [-0.05, 0) is 69.1 Å². The van der Waals surface area contributed by atoms with Crippen LogP contribution in [0, 0.1) is 5.92 Å². The number of benzene rings is 1. The van der Waals surface area contributed by atoms with E-state index < -0.39 is 23.8 Å². The predicted octanol–water partition coefficient (Wildman–Crippen LogP) is 2.19. The number of aliphatic hydroxyl groups excluding tert-OH is 1. The van der Waals surface area contributed by atoms with Gasteiger partial charge in [0.1, 0.15) is 6.04 Å². The molecule has 1 aromatic carbocycles. The summed E-state index contributed by atoms with van der Waals surface area (Å²) < 4.78 is 2.16. The van der Waals surface area contributed by atoms with E-state index in [1.807, 2.05) is 0 Å². The summed E-state index contributed by atoms with van der Waals surface area (Å²) >= 11 is 0. The number of carbonyl (C=O) groups is 4. The fourth-order valence-electron chi connectivity index (χ4n) is 6.51. The van der Waals surface area contributed by atoms with E-state index in [0.29, 0.717) is 17.9 Å². The first-order chi connectivity index (χ1) is 19.4. The van der Waals surface area contributed by atoms with Crippen molar-refractivity contribution in [3.8, 4) is 0 Å². The Morgan fingerprint density at radius 2 is 1.73 bits per heavy atom. The van der Waals surface area contributed by atoms with E-state index >= 15 is 0 Å². The monoisotopic (exact) mass is 546 g/mol. The molecule has 2 aromatic rings. The van der Waals surface area contributed by atoms with Crippen molar-refractivity contribution < 1.29 is 24.3 Å². The lowest BCUT2D eigenvalue weighted by Gasteiger charge is -2.36. The van der Waals surface area contributed by atoms with Gasteiger partial charge in [0.15, 0.2) is 0 Å². The summed E-state index contributed by atoms with van der Waals surface area (Å²) in [5, 5.41) is 20.6. The highest BCUT2D eigenvalue weighted by Gasteiger charge is 2.44. The van der Waals surface area contributed by atoms with Crippen molar-refractivity contribution in [1.82, 2.24) is 20.0 Å². The van der Waals surface area contributed by atoms with Gasteiger partial charge in [-0.3, -0.25) is 34.1 Å². The largest absolute Gasteiger partial charge is 0.393 e. The zero-order valence-corrected chi connectivity index (χ0v) is 22.3. The molecule has 2 saturated carbocycles. The lowest BCUT2D eigenvalue weighted by atomic mass is 9.80. The van der Waals surface area contributed by atoms with Gasteiger partial charge in [0.2, 0.25) is 11.8 Å². The van der Waals surface area contributed by atoms with E-state index in [-0.39, 0.29) is 36.0 Å². The minimum atomic E-state index is -0.960. The molecule has 1 aromatic heterocycles. The number of hydrogen-bond acceptors (Lipinski definition) is 8. The molecule has 4 heterocycles. The van der Waals surface area contributed by atoms with Gasteiger partial charge >= 0.3 is 0 Å². The number of fused-ring (bicyclic) bond motifs is 1. The SMILES string of the molecule is O=C1CCC(N2C(=O)c3ccc(NCC4CC(n5cc(N6CCC(O)CC6)c(C6CC6)n5)C4)cc3C2=O)C(=O)N1.